The Kier molecular flexibility index (Phi) is 10.7. The van der Waals surface area contributed by atoms with Gasteiger partial charge in [0.1, 0.15) is 35.3 Å². The lowest BCUT2D eigenvalue weighted by Gasteiger charge is -2.39. The van der Waals surface area contributed by atoms with Crippen molar-refractivity contribution in [2.75, 3.05) is 19.6 Å². The van der Waals surface area contributed by atoms with Gasteiger partial charge in [0.15, 0.2) is 0 Å². The maximum atomic E-state index is 13.3. The largest absolute Gasteiger partial charge is 0.508 e. The number of primary amides is 1. The Hall–Kier alpha value is -4.68. The molecule has 1 heterocycles. The number of amides is 5. The number of rotatable bonds is 10. The number of hydrogen-bond donors (Lipinski definition) is 4. The van der Waals surface area contributed by atoms with Crippen LogP contribution in [0.5, 0.6) is 5.75 Å². The Bertz CT molecular complexity index is 1330. The molecular formula is C30H38FN5O7. The van der Waals surface area contributed by atoms with Crippen molar-refractivity contribution in [2.24, 2.45) is 5.73 Å². The van der Waals surface area contributed by atoms with Crippen LogP contribution in [0.15, 0.2) is 48.5 Å². The number of hydrogen-bond acceptors (Lipinski definition) is 7. The van der Waals surface area contributed by atoms with Gasteiger partial charge in [-0.15, -0.1) is 0 Å². The van der Waals surface area contributed by atoms with Gasteiger partial charge in [0.05, 0.1) is 13.1 Å². The van der Waals surface area contributed by atoms with Crippen LogP contribution in [0.1, 0.15) is 38.8 Å². The standard InChI is InChI=1S/C30H38FN5O7/c1-5-35(23(26(32)39)14-18-6-10-20(31)11-7-18)25(38)16-33-27(40)22-17-36(29(42)43-30(2,3)4)24(28(41)34-22)15-19-8-12-21(37)13-9-19/h6-13,22-24,37H,5,14-17H2,1-4H3,(H2,32,39)(H,33,40)(H,34,41)/t22?,23-,24?/m0/s1. The van der Waals surface area contributed by atoms with Crippen molar-refractivity contribution in [3.63, 3.8) is 0 Å². The number of benzene rings is 2. The number of phenols is 1. The van der Waals surface area contributed by atoms with E-state index in [2.05, 4.69) is 10.6 Å². The summed E-state index contributed by atoms with van der Waals surface area (Å²) in [6.07, 6.45) is -0.636. The summed E-state index contributed by atoms with van der Waals surface area (Å²) in [6.45, 7) is 6.05. The summed E-state index contributed by atoms with van der Waals surface area (Å²) in [5.41, 5.74) is 5.97. The second-order valence-corrected chi connectivity index (χ2v) is 11.2. The van der Waals surface area contributed by atoms with Gasteiger partial charge in [-0.2, -0.15) is 0 Å². The van der Waals surface area contributed by atoms with E-state index in [-0.39, 0.29) is 31.7 Å². The quantitative estimate of drug-likeness (QED) is 0.318. The summed E-state index contributed by atoms with van der Waals surface area (Å²) in [5.74, 6) is -3.08. The minimum Gasteiger partial charge on any atom is -0.508 e. The molecule has 5 amide bonds. The fraction of sp³-hybridized carbons (Fsp3) is 0.433. The molecule has 1 aliphatic rings. The Morgan fingerprint density at radius 1 is 1.12 bits per heavy atom. The maximum absolute atomic E-state index is 13.3. The van der Waals surface area contributed by atoms with E-state index in [0.717, 1.165) is 0 Å². The lowest BCUT2D eigenvalue weighted by atomic mass is 10.00. The molecule has 1 saturated heterocycles. The van der Waals surface area contributed by atoms with Crippen molar-refractivity contribution < 1.29 is 38.2 Å². The normalized spacial score (nSPS) is 17.4. The van der Waals surface area contributed by atoms with Crippen molar-refractivity contribution in [1.29, 1.82) is 0 Å². The van der Waals surface area contributed by atoms with Gasteiger partial charge in [0.25, 0.3) is 0 Å². The fourth-order valence-corrected chi connectivity index (χ4v) is 4.67. The van der Waals surface area contributed by atoms with Crippen LogP contribution < -0.4 is 16.4 Å². The fourth-order valence-electron chi connectivity index (χ4n) is 4.67. The summed E-state index contributed by atoms with van der Waals surface area (Å²) in [6, 6.07) is 8.38. The Morgan fingerprint density at radius 3 is 2.28 bits per heavy atom. The smallest absolute Gasteiger partial charge is 0.411 e. The van der Waals surface area contributed by atoms with E-state index in [1.165, 1.54) is 46.2 Å². The number of likely N-dealkylation sites (N-methyl/N-ethyl adjacent to an activating group) is 1. The van der Waals surface area contributed by atoms with Crippen molar-refractivity contribution in [2.45, 2.75) is 64.3 Å². The molecule has 1 aliphatic heterocycles. The van der Waals surface area contributed by atoms with Gasteiger partial charge < -0.3 is 31.1 Å². The molecule has 2 aromatic carbocycles. The first kappa shape index (κ1) is 32.8. The predicted molar refractivity (Wildman–Crippen MR) is 154 cm³/mol. The van der Waals surface area contributed by atoms with Crippen LogP contribution in [0.4, 0.5) is 9.18 Å². The van der Waals surface area contributed by atoms with Crippen LogP contribution in [0.25, 0.3) is 0 Å². The molecule has 232 valence electrons. The zero-order valence-corrected chi connectivity index (χ0v) is 24.6. The first-order valence-electron chi connectivity index (χ1n) is 13.9. The lowest BCUT2D eigenvalue weighted by molar-refractivity contribution is -0.140. The van der Waals surface area contributed by atoms with E-state index >= 15 is 0 Å². The first-order valence-corrected chi connectivity index (χ1v) is 13.9. The molecule has 3 rings (SSSR count). The highest BCUT2D eigenvalue weighted by atomic mass is 19.1. The van der Waals surface area contributed by atoms with Gasteiger partial charge in [-0.3, -0.25) is 24.1 Å². The number of ether oxygens (including phenoxy) is 1. The summed E-state index contributed by atoms with van der Waals surface area (Å²) in [4.78, 5) is 67.1. The number of nitrogens with two attached hydrogens (primary N) is 1. The van der Waals surface area contributed by atoms with E-state index in [9.17, 15) is 33.5 Å². The molecule has 0 aliphatic carbocycles. The molecule has 0 aromatic heterocycles. The minimum absolute atomic E-state index is 0.0476. The number of carbonyl (C=O) groups is 5. The summed E-state index contributed by atoms with van der Waals surface area (Å²) in [7, 11) is 0. The summed E-state index contributed by atoms with van der Waals surface area (Å²) < 4.78 is 18.8. The maximum Gasteiger partial charge on any atom is 0.411 e. The van der Waals surface area contributed by atoms with Crippen molar-refractivity contribution in [1.82, 2.24) is 20.4 Å². The van der Waals surface area contributed by atoms with E-state index in [0.29, 0.717) is 11.1 Å². The predicted octanol–water partition coefficient (Wildman–Crippen LogP) is 1.24. The molecule has 2 unspecified atom stereocenters. The van der Waals surface area contributed by atoms with Crippen LogP contribution in [-0.4, -0.2) is 88.0 Å². The molecule has 0 spiro atoms. The van der Waals surface area contributed by atoms with Crippen molar-refractivity contribution in [3.05, 3.63) is 65.5 Å². The second-order valence-electron chi connectivity index (χ2n) is 11.2. The molecular weight excluding hydrogens is 561 g/mol. The lowest BCUT2D eigenvalue weighted by Crippen LogP contribution is -2.66. The number of nitrogens with zero attached hydrogens (tertiary/aromatic N) is 2. The van der Waals surface area contributed by atoms with Crippen LogP contribution in [-0.2, 0) is 36.8 Å². The molecule has 43 heavy (non-hydrogen) atoms. The van der Waals surface area contributed by atoms with Gasteiger partial charge >= 0.3 is 6.09 Å². The van der Waals surface area contributed by atoms with Crippen molar-refractivity contribution in [3.8, 4) is 5.75 Å². The molecule has 0 saturated carbocycles. The molecule has 3 atom stereocenters. The molecule has 13 heteroatoms. The zero-order chi connectivity index (χ0) is 31.9. The van der Waals surface area contributed by atoms with Crippen LogP contribution >= 0.6 is 0 Å². The first-order chi connectivity index (χ1) is 20.2. The second kappa shape index (κ2) is 14.0. The van der Waals surface area contributed by atoms with Crippen LogP contribution in [0.2, 0.25) is 0 Å². The SMILES string of the molecule is CCN(C(=O)CNC(=O)C1CN(C(=O)OC(C)(C)C)C(Cc2ccc(O)cc2)C(=O)N1)[C@@H](Cc1ccc(F)cc1)C(N)=O. The molecule has 1 fully saturated rings. The third kappa shape index (κ3) is 9.15. The molecule has 12 nitrogen and oxygen atoms in total. The average molecular weight is 600 g/mol. The summed E-state index contributed by atoms with van der Waals surface area (Å²) in [5, 5.41) is 14.7. The molecule has 0 radical (unpaired) electrons. The topological polar surface area (TPSA) is 171 Å². The number of carbonyl (C=O) groups excluding carboxylic acids is 5. The number of piperazine rings is 1. The van der Waals surface area contributed by atoms with Crippen LogP contribution in [0, 0.1) is 5.82 Å². The number of halogens is 1. The Labute approximate surface area is 249 Å². The zero-order valence-electron chi connectivity index (χ0n) is 24.6. The molecule has 2 aromatic rings. The highest BCUT2D eigenvalue weighted by Crippen LogP contribution is 2.20. The molecule has 5 N–H and O–H groups in total. The highest BCUT2D eigenvalue weighted by Gasteiger charge is 2.42. The third-order valence-electron chi connectivity index (χ3n) is 6.81. The Balaban J connectivity index is 1.70. The van der Waals surface area contributed by atoms with E-state index in [1.807, 2.05) is 0 Å². The van der Waals surface area contributed by atoms with Gasteiger partial charge in [-0.05, 0) is 63.1 Å². The van der Waals surface area contributed by atoms with E-state index in [1.54, 1.807) is 39.8 Å². The van der Waals surface area contributed by atoms with Gasteiger partial charge in [-0.25, -0.2) is 9.18 Å². The number of aromatic hydroxyl groups is 1. The highest BCUT2D eigenvalue weighted by molar-refractivity contribution is 5.95. The minimum atomic E-state index is -1.19. The van der Waals surface area contributed by atoms with E-state index < -0.39 is 65.8 Å². The third-order valence-corrected chi connectivity index (χ3v) is 6.81. The van der Waals surface area contributed by atoms with Crippen LogP contribution in [0.3, 0.4) is 0 Å². The molecule has 0 bridgehead atoms. The van der Waals surface area contributed by atoms with E-state index in [4.69, 9.17) is 10.5 Å². The van der Waals surface area contributed by atoms with Gasteiger partial charge in [0.2, 0.25) is 23.6 Å². The average Bonchev–Trinajstić information content (AvgIpc) is 2.93. The number of nitrogens with one attached hydrogen (secondary N) is 2. The van der Waals surface area contributed by atoms with Crippen molar-refractivity contribution >= 4 is 29.7 Å². The summed E-state index contributed by atoms with van der Waals surface area (Å²) >= 11 is 0. The Morgan fingerprint density at radius 2 is 1.72 bits per heavy atom. The number of phenolic OH excluding ortho intramolecular Hbond substituents is 1. The monoisotopic (exact) mass is 599 g/mol. The van der Waals surface area contributed by atoms with Gasteiger partial charge in [-0.1, -0.05) is 24.3 Å². The van der Waals surface area contributed by atoms with Gasteiger partial charge in [0, 0.05) is 19.4 Å².